The van der Waals surface area contributed by atoms with E-state index in [4.69, 9.17) is 21.1 Å². The zero-order valence-corrected chi connectivity index (χ0v) is 7.35. The van der Waals surface area contributed by atoms with Crippen molar-refractivity contribution in [3.8, 4) is 0 Å². The minimum atomic E-state index is -0.863. The minimum absolute atomic E-state index is 0.194. The van der Waals surface area contributed by atoms with Crippen molar-refractivity contribution < 1.29 is 14.3 Å². The highest BCUT2D eigenvalue weighted by molar-refractivity contribution is 6.18. The number of hydrogen-bond donors (Lipinski definition) is 0. The first-order valence-electron chi connectivity index (χ1n) is 3.60. The SMILES string of the molecule is CCC1(CCl)OC(=O)C(C)O1. The Morgan fingerprint density at radius 1 is 1.73 bits per heavy atom. The normalized spacial score (nSPS) is 37.4. The van der Waals surface area contributed by atoms with Crippen LogP contribution < -0.4 is 0 Å². The minimum Gasteiger partial charge on any atom is -0.430 e. The third-order valence-electron chi connectivity index (χ3n) is 1.75. The predicted molar refractivity (Wildman–Crippen MR) is 40.4 cm³/mol. The maximum atomic E-state index is 10.9. The van der Waals surface area contributed by atoms with Gasteiger partial charge >= 0.3 is 5.97 Å². The molecule has 1 heterocycles. The van der Waals surface area contributed by atoms with Crippen molar-refractivity contribution in [1.29, 1.82) is 0 Å². The van der Waals surface area contributed by atoms with Gasteiger partial charge in [-0.2, -0.15) is 0 Å². The smallest absolute Gasteiger partial charge is 0.337 e. The second kappa shape index (κ2) is 2.99. The molecule has 0 N–H and O–H groups in total. The summed E-state index contributed by atoms with van der Waals surface area (Å²) in [5.74, 6) is -0.995. The second-order valence-corrected chi connectivity index (χ2v) is 2.85. The molecule has 0 aromatic rings. The van der Waals surface area contributed by atoms with Gasteiger partial charge in [-0.1, -0.05) is 6.92 Å². The highest BCUT2D eigenvalue weighted by Gasteiger charge is 2.44. The van der Waals surface area contributed by atoms with Crippen molar-refractivity contribution in [3.05, 3.63) is 0 Å². The van der Waals surface area contributed by atoms with E-state index in [9.17, 15) is 4.79 Å². The fourth-order valence-corrected chi connectivity index (χ4v) is 1.28. The van der Waals surface area contributed by atoms with Crippen molar-refractivity contribution in [2.24, 2.45) is 0 Å². The average molecular weight is 179 g/mol. The Balaban J connectivity index is 2.68. The number of ether oxygens (including phenoxy) is 2. The molecule has 0 spiro atoms. The van der Waals surface area contributed by atoms with E-state index in [0.717, 1.165) is 0 Å². The lowest BCUT2D eigenvalue weighted by atomic mass is 10.2. The molecule has 64 valence electrons. The molecule has 0 radical (unpaired) electrons. The van der Waals surface area contributed by atoms with Crippen LogP contribution >= 0.6 is 11.6 Å². The van der Waals surface area contributed by atoms with Gasteiger partial charge in [0, 0.05) is 6.42 Å². The quantitative estimate of drug-likeness (QED) is 0.472. The van der Waals surface area contributed by atoms with Gasteiger partial charge in [0.05, 0.1) is 5.88 Å². The standard InChI is InChI=1S/C7H11ClO3/c1-3-7(4-8)10-5(2)6(9)11-7/h5H,3-4H2,1-2H3. The molecule has 4 heteroatoms. The molecular formula is C7H11ClO3. The molecular weight excluding hydrogens is 168 g/mol. The Morgan fingerprint density at radius 3 is 2.55 bits per heavy atom. The Kier molecular flexibility index (Phi) is 2.40. The molecule has 3 nitrogen and oxygen atoms in total. The maximum absolute atomic E-state index is 10.9. The second-order valence-electron chi connectivity index (χ2n) is 2.58. The summed E-state index contributed by atoms with van der Waals surface area (Å²) in [5.41, 5.74) is 0. The van der Waals surface area contributed by atoms with Crippen molar-refractivity contribution in [2.75, 3.05) is 5.88 Å². The maximum Gasteiger partial charge on any atom is 0.337 e. The van der Waals surface area contributed by atoms with Crippen LogP contribution in [0.15, 0.2) is 0 Å². The fourth-order valence-electron chi connectivity index (χ4n) is 0.969. The largest absolute Gasteiger partial charge is 0.430 e. The summed E-state index contributed by atoms with van der Waals surface area (Å²) in [7, 11) is 0. The van der Waals surface area contributed by atoms with Gasteiger partial charge in [0.15, 0.2) is 6.10 Å². The molecule has 0 aliphatic carbocycles. The lowest BCUT2D eigenvalue weighted by Crippen LogP contribution is -2.31. The summed E-state index contributed by atoms with van der Waals surface area (Å²) >= 11 is 5.59. The van der Waals surface area contributed by atoms with E-state index in [1.807, 2.05) is 6.92 Å². The number of alkyl halides is 1. The highest BCUT2D eigenvalue weighted by Crippen LogP contribution is 2.28. The van der Waals surface area contributed by atoms with E-state index in [1.54, 1.807) is 6.92 Å². The van der Waals surface area contributed by atoms with Gasteiger partial charge in [0.25, 0.3) is 0 Å². The number of halogens is 1. The van der Waals surface area contributed by atoms with Crippen molar-refractivity contribution >= 4 is 17.6 Å². The van der Waals surface area contributed by atoms with Crippen molar-refractivity contribution in [3.63, 3.8) is 0 Å². The molecule has 2 unspecified atom stereocenters. The number of cyclic esters (lactones) is 1. The van der Waals surface area contributed by atoms with E-state index in [2.05, 4.69) is 0 Å². The van der Waals surface area contributed by atoms with Gasteiger partial charge in [-0.25, -0.2) is 4.79 Å². The molecule has 0 bridgehead atoms. The van der Waals surface area contributed by atoms with E-state index < -0.39 is 11.9 Å². The summed E-state index contributed by atoms with van der Waals surface area (Å²) in [6, 6.07) is 0. The van der Waals surface area contributed by atoms with E-state index in [1.165, 1.54) is 0 Å². The topological polar surface area (TPSA) is 35.5 Å². The van der Waals surface area contributed by atoms with Gasteiger partial charge in [-0.15, -0.1) is 11.6 Å². The van der Waals surface area contributed by atoms with Crippen LogP contribution in [0.2, 0.25) is 0 Å². The number of carbonyl (C=O) groups excluding carboxylic acids is 1. The summed E-state index contributed by atoms with van der Waals surface area (Å²) in [6.07, 6.45) is 0.112. The number of rotatable bonds is 2. The number of carbonyl (C=O) groups is 1. The first kappa shape index (κ1) is 8.81. The van der Waals surface area contributed by atoms with Crippen molar-refractivity contribution in [2.45, 2.75) is 32.2 Å². The molecule has 1 saturated heterocycles. The zero-order valence-electron chi connectivity index (χ0n) is 6.59. The molecule has 0 aromatic carbocycles. The number of esters is 1. The summed E-state index contributed by atoms with van der Waals surface area (Å²) in [4.78, 5) is 10.9. The van der Waals surface area contributed by atoms with Crippen LogP contribution in [0.5, 0.6) is 0 Å². The molecule has 1 aliphatic heterocycles. The highest BCUT2D eigenvalue weighted by atomic mass is 35.5. The molecule has 1 rings (SSSR count). The molecule has 0 saturated carbocycles. The monoisotopic (exact) mass is 178 g/mol. The van der Waals surface area contributed by atoms with Crippen LogP contribution in [0.3, 0.4) is 0 Å². The lowest BCUT2D eigenvalue weighted by molar-refractivity contribution is -0.167. The average Bonchev–Trinajstić information content (AvgIpc) is 2.29. The van der Waals surface area contributed by atoms with E-state index >= 15 is 0 Å². The van der Waals surface area contributed by atoms with Gasteiger partial charge in [-0.05, 0) is 6.92 Å². The van der Waals surface area contributed by atoms with Crippen LogP contribution in [0.1, 0.15) is 20.3 Å². The number of hydrogen-bond acceptors (Lipinski definition) is 3. The zero-order chi connectivity index (χ0) is 8.48. The third-order valence-corrected chi connectivity index (χ3v) is 2.16. The van der Waals surface area contributed by atoms with Gasteiger partial charge < -0.3 is 9.47 Å². The molecule has 1 fully saturated rings. The molecule has 11 heavy (non-hydrogen) atoms. The van der Waals surface area contributed by atoms with E-state index in [-0.39, 0.29) is 11.8 Å². The van der Waals surface area contributed by atoms with E-state index in [0.29, 0.717) is 6.42 Å². The summed E-state index contributed by atoms with van der Waals surface area (Å²) in [5, 5.41) is 0. The van der Waals surface area contributed by atoms with Gasteiger partial charge in [0.2, 0.25) is 5.79 Å². The molecule has 0 amide bonds. The lowest BCUT2D eigenvalue weighted by Gasteiger charge is -2.21. The summed E-state index contributed by atoms with van der Waals surface area (Å²) in [6.45, 7) is 3.53. The molecule has 2 atom stereocenters. The van der Waals surface area contributed by atoms with Crippen LogP contribution in [-0.2, 0) is 14.3 Å². The Morgan fingerprint density at radius 2 is 2.36 bits per heavy atom. The fraction of sp³-hybridized carbons (Fsp3) is 0.857. The Labute approximate surface area is 70.6 Å². The van der Waals surface area contributed by atoms with Crippen LogP contribution in [0.4, 0.5) is 0 Å². The van der Waals surface area contributed by atoms with Crippen molar-refractivity contribution in [1.82, 2.24) is 0 Å². The van der Waals surface area contributed by atoms with Gasteiger partial charge in [0.1, 0.15) is 0 Å². The molecule has 0 aromatic heterocycles. The Hall–Kier alpha value is -0.280. The van der Waals surface area contributed by atoms with Crippen LogP contribution in [0.25, 0.3) is 0 Å². The Bertz CT molecular complexity index is 165. The third kappa shape index (κ3) is 1.49. The van der Waals surface area contributed by atoms with Gasteiger partial charge in [-0.3, -0.25) is 0 Å². The van der Waals surface area contributed by atoms with Crippen LogP contribution in [0, 0.1) is 0 Å². The predicted octanol–water partition coefficient (Wildman–Crippen LogP) is 1.29. The first-order chi connectivity index (χ1) is 5.13. The first-order valence-corrected chi connectivity index (χ1v) is 4.13. The summed E-state index contributed by atoms with van der Waals surface area (Å²) < 4.78 is 10.2. The molecule has 1 aliphatic rings. The van der Waals surface area contributed by atoms with Crippen LogP contribution in [-0.4, -0.2) is 23.7 Å².